The fraction of sp³-hybridized carbons (Fsp3) is 0.0769. The van der Waals surface area contributed by atoms with E-state index in [1.807, 2.05) is 0 Å². The van der Waals surface area contributed by atoms with Gasteiger partial charge in [0.25, 0.3) is 0 Å². The van der Waals surface area contributed by atoms with E-state index in [2.05, 4.69) is 14.7 Å². The Morgan fingerprint density at radius 2 is 2.05 bits per heavy atom. The van der Waals surface area contributed by atoms with Crippen LogP contribution in [0.25, 0.3) is 6.08 Å². The lowest BCUT2D eigenvalue weighted by molar-refractivity contribution is -0.131. The number of hydrogen-bond donors (Lipinski definition) is 3. The summed E-state index contributed by atoms with van der Waals surface area (Å²) in [6, 6.07) is 5.87. The largest absolute Gasteiger partial charge is 0.478 e. The lowest BCUT2D eigenvalue weighted by Gasteiger charge is -2.05. The van der Waals surface area contributed by atoms with Crippen LogP contribution in [0.5, 0.6) is 0 Å². The maximum atomic E-state index is 12.0. The minimum absolute atomic E-state index is 0.0655. The number of nitrogens with one attached hydrogen (secondary N) is 2. The van der Waals surface area contributed by atoms with Crippen LogP contribution in [0.3, 0.4) is 0 Å². The second-order valence-corrected chi connectivity index (χ2v) is 5.87. The van der Waals surface area contributed by atoms with Crippen molar-refractivity contribution in [2.75, 3.05) is 0 Å². The van der Waals surface area contributed by atoms with Crippen LogP contribution in [-0.2, 0) is 21.4 Å². The first-order valence-corrected chi connectivity index (χ1v) is 7.45. The monoisotopic (exact) mass is 307 g/mol. The number of nitrogens with zero attached hydrogens (tertiary/aromatic N) is 1. The molecular weight excluding hydrogens is 294 g/mol. The number of aromatic nitrogens is 2. The van der Waals surface area contributed by atoms with Crippen LogP contribution in [0.2, 0.25) is 0 Å². The number of benzene rings is 1. The molecule has 0 aliphatic heterocycles. The van der Waals surface area contributed by atoms with Gasteiger partial charge in [0.1, 0.15) is 5.82 Å². The molecule has 7 nitrogen and oxygen atoms in total. The molecule has 2 rings (SSSR count). The second-order valence-electron chi connectivity index (χ2n) is 4.10. The van der Waals surface area contributed by atoms with Crippen LogP contribution in [0.4, 0.5) is 0 Å². The lowest BCUT2D eigenvalue weighted by atomic mass is 10.2. The number of aliphatic carboxylic acids is 1. The van der Waals surface area contributed by atoms with E-state index >= 15 is 0 Å². The highest BCUT2D eigenvalue weighted by Gasteiger charge is 2.13. The summed E-state index contributed by atoms with van der Waals surface area (Å²) in [4.78, 5) is 17.2. The number of carboxylic acids is 1. The molecule has 0 spiro atoms. The molecule has 8 heteroatoms. The molecule has 0 amide bonds. The number of carboxylic acid groups (broad SMARTS) is 1. The second kappa shape index (κ2) is 6.33. The van der Waals surface area contributed by atoms with Gasteiger partial charge in [0.2, 0.25) is 10.0 Å². The van der Waals surface area contributed by atoms with Crippen molar-refractivity contribution in [3.63, 3.8) is 0 Å². The summed E-state index contributed by atoms with van der Waals surface area (Å²) < 4.78 is 26.5. The Morgan fingerprint density at radius 3 is 2.62 bits per heavy atom. The molecule has 1 aromatic carbocycles. The van der Waals surface area contributed by atoms with Crippen LogP contribution in [0.1, 0.15) is 11.4 Å². The number of H-pyrrole nitrogens is 1. The Balaban J connectivity index is 2.08. The molecule has 0 saturated heterocycles. The Bertz CT molecular complexity index is 734. The van der Waals surface area contributed by atoms with E-state index in [0.717, 1.165) is 6.08 Å². The number of aromatic amines is 1. The van der Waals surface area contributed by atoms with Crippen LogP contribution in [0.15, 0.2) is 47.6 Å². The van der Waals surface area contributed by atoms with Gasteiger partial charge >= 0.3 is 5.97 Å². The molecule has 1 aromatic heterocycles. The van der Waals surface area contributed by atoms with Gasteiger partial charge in [0, 0.05) is 18.5 Å². The average molecular weight is 307 g/mol. The van der Waals surface area contributed by atoms with E-state index in [-0.39, 0.29) is 11.4 Å². The Kier molecular flexibility index (Phi) is 4.51. The van der Waals surface area contributed by atoms with E-state index in [0.29, 0.717) is 11.4 Å². The average Bonchev–Trinajstić information content (AvgIpc) is 2.97. The zero-order chi connectivity index (χ0) is 15.3. The van der Waals surface area contributed by atoms with Crippen LogP contribution in [0, 0.1) is 0 Å². The van der Waals surface area contributed by atoms with E-state index < -0.39 is 16.0 Å². The Labute approximate surface area is 121 Å². The number of hydrogen-bond acceptors (Lipinski definition) is 4. The highest BCUT2D eigenvalue weighted by molar-refractivity contribution is 7.89. The predicted molar refractivity (Wildman–Crippen MR) is 75.7 cm³/mol. The maximum absolute atomic E-state index is 12.0. The van der Waals surface area contributed by atoms with Crippen LogP contribution in [-0.4, -0.2) is 29.5 Å². The zero-order valence-corrected chi connectivity index (χ0v) is 11.7. The van der Waals surface area contributed by atoms with Crippen LogP contribution >= 0.6 is 0 Å². The first-order valence-electron chi connectivity index (χ1n) is 5.96. The topological polar surface area (TPSA) is 112 Å². The van der Waals surface area contributed by atoms with Crippen molar-refractivity contribution in [1.82, 2.24) is 14.7 Å². The quantitative estimate of drug-likeness (QED) is 0.689. The number of rotatable bonds is 6. The smallest absolute Gasteiger partial charge is 0.328 e. The standard InChI is InChI=1S/C13H13N3O4S/c17-13(18)6-3-10-1-4-11(5-2-10)21(19,20)16-9-12-14-7-8-15-12/h1-8,16H,9H2,(H,14,15)(H,17,18). The van der Waals surface area contributed by atoms with E-state index in [9.17, 15) is 13.2 Å². The van der Waals surface area contributed by atoms with Crippen molar-refractivity contribution >= 4 is 22.1 Å². The molecule has 0 atom stereocenters. The summed E-state index contributed by atoms with van der Waals surface area (Å²) in [6.45, 7) is 0.0655. The normalized spacial score (nSPS) is 11.8. The molecule has 21 heavy (non-hydrogen) atoms. The highest BCUT2D eigenvalue weighted by atomic mass is 32.2. The van der Waals surface area contributed by atoms with Gasteiger partial charge in [0.15, 0.2) is 0 Å². The summed E-state index contributed by atoms with van der Waals surface area (Å²) in [7, 11) is -3.63. The molecule has 0 aliphatic carbocycles. The third-order valence-electron chi connectivity index (χ3n) is 2.59. The highest BCUT2D eigenvalue weighted by Crippen LogP contribution is 2.12. The van der Waals surface area contributed by atoms with Gasteiger partial charge in [-0.25, -0.2) is 22.9 Å². The molecule has 0 aliphatic rings. The molecule has 2 aromatic rings. The Morgan fingerprint density at radius 1 is 1.33 bits per heavy atom. The molecule has 1 heterocycles. The van der Waals surface area contributed by atoms with Gasteiger partial charge in [-0.1, -0.05) is 12.1 Å². The van der Waals surface area contributed by atoms with E-state index in [1.165, 1.54) is 36.5 Å². The van der Waals surface area contributed by atoms with Crippen molar-refractivity contribution in [1.29, 1.82) is 0 Å². The molecule has 0 fully saturated rings. The van der Waals surface area contributed by atoms with Crippen molar-refractivity contribution in [3.8, 4) is 0 Å². The third-order valence-corrected chi connectivity index (χ3v) is 4.01. The van der Waals surface area contributed by atoms with Crippen molar-refractivity contribution in [2.45, 2.75) is 11.4 Å². The predicted octanol–water partition coefficient (Wildman–Crippen LogP) is 0.986. The summed E-state index contributed by atoms with van der Waals surface area (Å²) >= 11 is 0. The van der Waals surface area contributed by atoms with Gasteiger partial charge in [0.05, 0.1) is 11.4 Å². The SMILES string of the molecule is O=C(O)C=Cc1ccc(S(=O)(=O)NCc2ncc[nH]2)cc1. The molecular formula is C13H13N3O4S. The summed E-state index contributed by atoms with van der Waals surface area (Å²) in [5, 5.41) is 8.52. The first-order chi connectivity index (χ1) is 9.97. The van der Waals surface area contributed by atoms with Gasteiger partial charge in [-0.3, -0.25) is 0 Å². The third kappa shape index (κ3) is 4.26. The maximum Gasteiger partial charge on any atom is 0.328 e. The molecule has 3 N–H and O–H groups in total. The number of imidazole rings is 1. The fourth-order valence-electron chi connectivity index (χ4n) is 1.57. The summed E-state index contributed by atoms with van der Waals surface area (Å²) in [6.07, 6.45) is 5.51. The van der Waals surface area contributed by atoms with Crippen molar-refractivity contribution in [3.05, 3.63) is 54.1 Å². The molecule has 110 valence electrons. The van der Waals surface area contributed by atoms with E-state index in [4.69, 9.17) is 5.11 Å². The molecule has 0 bridgehead atoms. The number of carbonyl (C=O) groups is 1. The van der Waals surface area contributed by atoms with Gasteiger partial charge in [-0.05, 0) is 23.8 Å². The van der Waals surface area contributed by atoms with Crippen molar-refractivity contribution < 1.29 is 18.3 Å². The Hall–Kier alpha value is -2.45. The van der Waals surface area contributed by atoms with Crippen molar-refractivity contribution in [2.24, 2.45) is 0 Å². The van der Waals surface area contributed by atoms with Gasteiger partial charge < -0.3 is 10.1 Å². The minimum Gasteiger partial charge on any atom is -0.478 e. The fourth-order valence-corrected chi connectivity index (χ4v) is 2.55. The molecule has 0 radical (unpaired) electrons. The number of sulfonamides is 1. The van der Waals surface area contributed by atoms with Gasteiger partial charge in [-0.15, -0.1) is 0 Å². The molecule has 0 unspecified atom stereocenters. The summed E-state index contributed by atoms with van der Waals surface area (Å²) in [5.41, 5.74) is 0.599. The lowest BCUT2D eigenvalue weighted by Crippen LogP contribution is -2.23. The summed E-state index contributed by atoms with van der Waals surface area (Å²) in [5.74, 6) is -0.550. The van der Waals surface area contributed by atoms with E-state index in [1.54, 1.807) is 6.20 Å². The first kappa shape index (κ1) is 14.9. The van der Waals surface area contributed by atoms with Gasteiger partial charge in [-0.2, -0.15) is 0 Å². The van der Waals surface area contributed by atoms with Crippen LogP contribution < -0.4 is 4.72 Å². The zero-order valence-electron chi connectivity index (χ0n) is 10.9. The minimum atomic E-state index is -3.63. The molecule has 0 saturated carbocycles.